The molecule has 1 aromatic rings. The minimum atomic E-state index is -0.568. The molecule has 0 aliphatic heterocycles. The van der Waals surface area contributed by atoms with E-state index >= 15 is 0 Å². The molecule has 1 saturated carbocycles. The van der Waals surface area contributed by atoms with Gasteiger partial charge in [-0.25, -0.2) is 4.39 Å². The molecule has 1 aliphatic rings. The number of non-ortho nitro benzene ring substituents is 1. The third kappa shape index (κ3) is 4.10. The zero-order valence-electron chi connectivity index (χ0n) is 11.8. The van der Waals surface area contributed by atoms with E-state index in [9.17, 15) is 14.5 Å². The largest absolute Gasteiger partial charge is 0.359 e. The molecule has 0 bridgehead atoms. The topological polar surface area (TPSA) is 67.2 Å². The Bertz CT molecular complexity index is 553. The fourth-order valence-electron chi connectivity index (χ4n) is 2.58. The van der Waals surface area contributed by atoms with Crippen molar-refractivity contribution in [1.82, 2.24) is 5.32 Å². The van der Waals surface area contributed by atoms with E-state index in [1.807, 2.05) is 0 Å². The molecule has 7 heteroatoms. The second kappa shape index (κ2) is 6.80. The van der Waals surface area contributed by atoms with Gasteiger partial charge in [0.2, 0.25) is 0 Å². The Kier molecular flexibility index (Phi) is 5.06. The maximum atomic E-state index is 13.7. The van der Waals surface area contributed by atoms with Gasteiger partial charge in [-0.2, -0.15) is 0 Å². The van der Waals surface area contributed by atoms with Crippen molar-refractivity contribution in [1.29, 1.82) is 0 Å². The lowest BCUT2D eigenvalue weighted by atomic mass is 9.86. The van der Waals surface area contributed by atoms with Crippen LogP contribution < -0.4 is 10.6 Å². The molecule has 2 atom stereocenters. The van der Waals surface area contributed by atoms with Gasteiger partial charge in [0.15, 0.2) is 5.11 Å². The standard InChI is InChI=1S/C14H18FN3O2S/c1-9-4-2-3-5-12(9)16-14(21)17-13-8-10(18(19)20)6-7-11(13)15/h6-9,12H,2-5H2,1H3,(H2,16,17,21)/t9-,12+/m0/s1. The summed E-state index contributed by atoms with van der Waals surface area (Å²) in [6.07, 6.45) is 4.54. The van der Waals surface area contributed by atoms with Crippen LogP contribution in [0.25, 0.3) is 0 Å². The first-order valence-corrected chi connectivity index (χ1v) is 7.39. The molecule has 2 rings (SSSR count). The number of hydrogen-bond donors (Lipinski definition) is 2. The minimum absolute atomic E-state index is 0.0187. The normalized spacial score (nSPS) is 21.6. The molecule has 0 saturated heterocycles. The van der Waals surface area contributed by atoms with Crippen LogP contribution in [0, 0.1) is 21.8 Å². The molecule has 114 valence electrons. The Labute approximate surface area is 128 Å². The number of anilines is 1. The van der Waals surface area contributed by atoms with Crippen molar-refractivity contribution >= 4 is 28.7 Å². The van der Waals surface area contributed by atoms with Crippen molar-refractivity contribution in [2.75, 3.05) is 5.32 Å². The lowest BCUT2D eigenvalue weighted by molar-refractivity contribution is -0.384. The molecule has 1 aliphatic carbocycles. The first-order chi connectivity index (χ1) is 9.97. The number of nitro benzene ring substituents is 1. The van der Waals surface area contributed by atoms with Gasteiger partial charge in [-0.15, -0.1) is 0 Å². The Morgan fingerprint density at radius 1 is 1.43 bits per heavy atom. The highest BCUT2D eigenvalue weighted by Gasteiger charge is 2.22. The summed E-state index contributed by atoms with van der Waals surface area (Å²) >= 11 is 5.18. The number of nitro groups is 1. The lowest BCUT2D eigenvalue weighted by Crippen LogP contribution is -2.43. The van der Waals surface area contributed by atoms with Gasteiger partial charge in [-0.05, 0) is 37.0 Å². The first kappa shape index (κ1) is 15.6. The van der Waals surface area contributed by atoms with Crippen molar-refractivity contribution in [2.24, 2.45) is 5.92 Å². The van der Waals surface area contributed by atoms with E-state index in [-0.39, 0.29) is 17.4 Å². The minimum Gasteiger partial charge on any atom is -0.359 e. The Morgan fingerprint density at radius 2 is 2.14 bits per heavy atom. The zero-order valence-corrected chi connectivity index (χ0v) is 12.6. The van der Waals surface area contributed by atoms with Gasteiger partial charge in [0.05, 0.1) is 10.6 Å². The molecular weight excluding hydrogens is 293 g/mol. The van der Waals surface area contributed by atoms with Crippen LogP contribution in [-0.2, 0) is 0 Å². The second-order valence-corrected chi connectivity index (χ2v) is 5.80. The summed E-state index contributed by atoms with van der Waals surface area (Å²) in [7, 11) is 0. The van der Waals surface area contributed by atoms with Crippen molar-refractivity contribution in [3.8, 4) is 0 Å². The highest BCUT2D eigenvalue weighted by Crippen LogP contribution is 2.24. The Hall–Kier alpha value is -1.76. The van der Waals surface area contributed by atoms with Gasteiger partial charge in [0.1, 0.15) is 5.82 Å². The van der Waals surface area contributed by atoms with Crippen LogP contribution in [0.1, 0.15) is 32.6 Å². The van der Waals surface area contributed by atoms with E-state index in [1.54, 1.807) is 0 Å². The number of rotatable bonds is 3. The van der Waals surface area contributed by atoms with E-state index in [2.05, 4.69) is 17.6 Å². The summed E-state index contributed by atoms with van der Waals surface area (Å²) in [5, 5.41) is 16.9. The van der Waals surface area contributed by atoms with Gasteiger partial charge >= 0.3 is 0 Å². The quantitative estimate of drug-likeness (QED) is 0.507. The van der Waals surface area contributed by atoms with Crippen LogP contribution in [0.3, 0.4) is 0 Å². The average Bonchev–Trinajstić information content (AvgIpc) is 2.43. The molecule has 0 heterocycles. The van der Waals surface area contributed by atoms with E-state index in [0.29, 0.717) is 11.0 Å². The number of nitrogens with one attached hydrogen (secondary N) is 2. The highest BCUT2D eigenvalue weighted by molar-refractivity contribution is 7.80. The number of hydrogen-bond acceptors (Lipinski definition) is 3. The number of benzene rings is 1. The smallest absolute Gasteiger partial charge is 0.271 e. The van der Waals surface area contributed by atoms with Gasteiger partial charge in [0.25, 0.3) is 5.69 Å². The zero-order chi connectivity index (χ0) is 15.4. The summed E-state index contributed by atoms with van der Waals surface area (Å²) in [6, 6.07) is 3.60. The Morgan fingerprint density at radius 3 is 2.81 bits per heavy atom. The molecule has 0 amide bonds. The second-order valence-electron chi connectivity index (χ2n) is 5.39. The van der Waals surface area contributed by atoms with E-state index in [0.717, 1.165) is 37.5 Å². The summed E-state index contributed by atoms with van der Waals surface area (Å²) in [6.45, 7) is 2.16. The lowest BCUT2D eigenvalue weighted by Gasteiger charge is -2.30. The molecule has 0 unspecified atom stereocenters. The third-order valence-corrected chi connectivity index (χ3v) is 4.06. The van der Waals surface area contributed by atoms with Gasteiger partial charge in [0, 0.05) is 18.2 Å². The number of thiocarbonyl (C=S) groups is 1. The van der Waals surface area contributed by atoms with Crippen molar-refractivity contribution in [3.63, 3.8) is 0 Å². The highest BCUT2D eigenvalue weighted by atomic mass is 32.1. The molecule has 1 fully saturated rings. The van der Waals surface area contributed by atoms with Crippen molar-refractivity contribution < 1.29 is 9.31 Å². The van der Waals surface area contributed by atoms with E-state index in [4.69, 9.17) is 12.2 Å². The van der Waals surface area contributed by atoms with Gasteiger partial charge < -0.3 is 10.6 Å². The maximum absolute atomic E-state index is 13.7. The third-order valence-electron chi connectivity index (χ3n) is 3.84. The number of nitrogens with zero attached hydrogens (tertiary/aromatic N) is 1. The van der Waals surface area contributed by atoms with E-state index in [1.165, 1.54) is 6.42 Å². The van der Waals surface area contributed by atoms with Crippen LogP contribution >= 0.6 is 12.2 Å². The molecular formula is C14H18FN3O2S. The summed E-state index contributed by atoms with van der Waals surface area (Å²) in [5.74, 6) is -0.0603. The van der Waals surface area contributed by atoms with E-state index < -0.39 is 10.7 Å². The van der Waals surface area contributed by atoms with Crippen LogP contribution in [0.5, 0.6) is 0 Å². The van der Waals surface area contributed by atoms with Gasteiger partial charge in [-0.3, -0.25) is 10.1 Å². The van der Waals surface area contributed by atoms with Crippen molar-refractivity contribution in [2.45, 2.75) is 38.6 Å². The monoisotopic (exact) mass is 311 g/mol. The average molecular weight is 311 g/mol. The summed E-state index contributed by atoms with van der Waals surface area (Å²) in [4.78, 5) is 10.2. The SMILES string of the molecule is C[C@H]1CCCC[C@H]1NC(=S)Nc1cc([N+](=O)[O-])ccc1F. The molecule has 0 aromatic heterocycles. The van der Waals surface area contributed by atoms with Crippen LogP contribution in [0.2, 0.25) is 0 Å². The fraction of sp³-hybridized carbons (Fsp3) is 0.500. The first-order valence-electron chi connectivity index (χ1n) is 6.99. The molecule has 0 spiro atoms. The van der Waals surface area contributed by atoms with Crippen molar-refractivity contribution in [3.05, 3.63) is 34.1 Å². The maximum Gasteiger partial charge on any atom is 0.271 e. The molecule has 5 nitrogen and oxygen atoms in total. The van der Waals surface area contributed by atoms with Crippen LogP contribution in [-0.4, -0.2) is 16.1 Å². The molecule has 21 heavy (non-hydrogen) atoms. The molecule has 1 aromatic carbocycles. The predicted octanol–water partition coefficient (Wildman–Crippen LogP) is 3.60. The predicted molar refractivity (Wildman–Crippen MR) is 83.8 cm³/mol. The summed E-state index contributed by atoms with van der Waals surface area (Å²) < 4.78 is 13.7. The van der Waals surface area contributed by atoms with Crippen LogP contribution in [0.15, 0.2) is 18.2 Å². The molecule has 2 N–H and O–H groups in total. The fourth-order valence-corrected chi connectivity index (χ4v) is 2.84. The summed E-state index contributed by atoms with van der Waals surface area (Å²) in [5.41, 5.74) is -0.155. The van der Waals surface area contributed by atoms with Crippen LogP contribution in [0.4, 0.5) is 15.8 Å². The Balaban J connectivity index is 2.02. The van der Waals surface area contributed by atoms with Gasteiger partial charge in [-0.1, -0.05) is 19.8 Å². The number of halogens is 1. The molecule has 0 radical (unpaired) electrons.